The van der Waals surface area contributed by atoms with E-state index in [-0.39, 0.29) is 11.9 Å². The molecule has 2 rings (SSSR count). The zero-order chi connectivity index (χ0) is 13.0. The lowest BCUT2D eigenvalue weighted by atomic mass is 10.1. The summed E-state index contributed by atoms with van der Waals surface area (Å²) in [4.78, 5) is 3.99. The number of benzene rings is 1. The molecule has 0 bridgehead atoms. The number of halogens is 2. The Hall–Kier alpha value is -1.26. The third-order valence-electron chi connectivity index (χ3n) is 2.74. The van der Waals surface area contributed by atoms with Crippen LogP contribution >= 0.6 is 15.9 Å². The van der Waals surface area contributed by atoms with Gasteiger partial charge < -0.3 is 5.32 Å². The molecule has 2 nitrogen and oxygen atoms in total. The Morgan fingerprint density at radius 1 is 1.28 bits per heavy atom. The standard InChI is InChI=1S/C14H14BrFN2/c1-10(12-2-4-17-5-3-12)18-9-11-6-13(15)8-14(16)7-11/h2-8,10,18H,9H2,1H3/t10-/m0/s1. The van der Waals surface area contributed by atoms with Crippen LogP contribution in [0.25, 0.3) is 0 Å². The predicted octanol–water partition coefficient (Wildman–Crippen LogP) is 3.83. The molecular formula is C14H14BrFN2. The van der Waals surface area contributed by atoms with E-state index in [9.17, 15) is 4.39 Å². The van der Waals surface area contributed by atoms with Crippen LogP contribution in [0.4, 0.5) is 4.39 Å². The van der Waals surface area contributed by atoms with Gasteiger partial charge in [-0.15, -0.1) is 0 Å². The number of nitrogens with zero attached hydrogens (tertiary/aromatic N) is 1. The number of nitrogens with one attached hydrogen (secondary N) is 1. The summed E-state index contributed by atoms with van der Waals surface area (Å²) in [5, 5.41) is 3.35. The average molecular weight is 309 g/mol. The summed E-state index contributed by atoms with van der Waals surface area (Å²) in [6.45, 7) is 2.70. The second kappa shape index (κ2) is 6.07. The van der Waals surface area contributed by atoms with Gasteiger partial charge in [-0.2, -0.15) is 0 Å². The molecule has 2 aromatic rings. The van der Waals surface area contributed by atoms with Crippen molar-refractivity contribution in [3.63, 3.8) is 0 Å². The van der Waals surface area contributed by atoms with Crippen LogP contribution in [0.3, 0.4) is 0 Å². The Morgan fingerprint density at radius 3 is 2.67 bits per heavy atom. The van der Waals surface area contributed by atoms with E-state index in [1.165, 1.54) is 17.7 Å². The van der Waals surface area contributed by atoms with Crippen molar-refractivity contribution < 1.29 is 4.39 Å². The second-order valence-corrected chi connectivity index (χ2v) is 5.08. The van der Waals surface area contributed by atoms with Crippen molar-refractivity contribution in [1.29, 1.82) is 0 Å². The first kappa shape index (κ1) is 13.2. The van der Waals surface area contributed by atoms with E-state index in [1.54, 1.807) is 12.4 Å². The van der Waals surface area contributed by atoms with Gasteiger partial charge in [0.15, 0.2) is 0 Å². The van der Waals surface area contributed by atoms with Crippen molar-refractivity contribution in [1.82, 2.24) is 10.3 Å². The quantitative estimate of drug-likeness (QED) is 0.928. The first-order valence-corrected chi connectivity index (χ1v) is 6.53. The Balaban J connectivity index is 1.99. The van der Waals surface area contributed by atoms with Crippen LogP contribution in [0.1, 0.15) is 24.1 Å². The SMILES string of the molecule is C[C@H](NCc1cc(F)cc(Br)c1)c1ccncc1. The van der Waals surface area contributed by atoms with Gasteiger partial charge in [0, 0.05) is 29.5 Å². The van der Waals surface area contributed by atoms with Crippen molar-refractivity contribution in [3.8, 4) is 0 Å². The number of pyridine rings is 1. The van der Waals surface area contributed by atoms with E-state index in [2.05, 4.69) is 33.2 Å². The highest BCUT2D eigenvalue weighted by atomic mass is 79.9. The average Bonchev–Trinajstić information content (AvgIpc) is 2.36. The van der Waals surface area contributed by atoms with Crippen LogP contribution in [0.15, 0.2) is 47.2 Å². The van der Waals surface area contributed by atoms with Gasteiger partial charge in [0.1, 0.15) is 5.82 Å². The molecule has 0 radical (unpaired) electrons. The van der Waals surface area contributed by atoms with E-state index in [4.69, 9.17) is 0 Å². The molecule has 0 spiro atoms. The maximum absolute atomic E-state index is 13.2. The Morgan fingerprint density at radius 2 is 2.00 bits per heavy atom. The minimum atomic E-state index is -0.224. The maximum Gasteiger partial charge on any atom is 0.124 e. The van der Waals surface area contributed by atoms with Crippen LogP contribution in [0.2, 0.25) is 0 Å². The maximum atomic E-state index is 13.2. The van der Waals surface area contributed by atoms with E-state index in [1.807, 2.05) is 18.2 Å². The lowest BCUT2D eigenvalue weighted by Gasteiger charge is -2.14. The van der Waals surface area contributed by atoms with Crippen molar-refractivity contribution in [2.45, 2.75) is 19.5 Å². The number of aromatic nitrogens is 1. The van der Waals surface area contributed by atoms with Crippen LogP contribution in [0, 0.1) is 5.82 Å². The summed E-state index contributed by atoms with van der Waals surface area (Å²) in [5.41, 5.74) is 2.09. The molecule has 94 valence electrons. The van der Waals surface area contributed by atoms with Crippen molar-refractivity contribution in [2.24, 2.45) is 0 Å². The molecule has 0 saturated carbocycles. The summed E-state index contributed by atoms with van der Waals surface area (Å²) in [6.07, 6.45) is 3.54. The second-order valence-electron chi connectivity index (χ2n) is 4.16. The van der Waals surface area contributed by atoms with E-state index in [0.29, 0.717) is 6.54 Å². The van der Waals surface area contributed by atoms with Crippen LogP contribution in [-0.4, -0.2) is 4.98 Å². The highest BCUT2D eigenvalue weighted by molar-refractivity contribution is 9.10. The molecular weight excluding hydrogens is 295 g/mol. The molecule has 0 saturated heterocycles. The van der Waals surface area contributed by atoms with Crippen LogP contribution < -0.4 is 5.32 Å². The lowest BCUT2D eigenvalue weighted by molar-refractivity contribution is 0.568. The van der Waals surface area contributed by atoms with Gasteiger partial charge in [0.05, 0.1) is 0 Å². The Kier molecular flexibility index (Phi) is 4.44. The zero-order valence-corrected chi connectivity index (χ0v) is 11.6. The minimum Gasteiger partial charge on any atom is -0.306 e. The number of hydrogen-bond donors (Lipinski definition) is 1. The van der Waals surface area contributed by atoms with Gasteiger partial charge in [-0.3, -0.25) is 4.98 Å². The molecule has 1 atom stereocenters. The molecule has 4 heteroatoms. The summed E-state index contributed by atoms with van der Waals surface area (Å²) in [6, 6.07) is 9.05. The van der Waals surface area contributed by atoms with Gasteiger partial charge in [-0.1, -0.05) is 15.9 Å². The molecule has 0 unspecified atom stereocenters. The fourth-order valence-electron chi connectivity index (χ4n) is 1.75. The molecule has 18 heavy (non-hydrogen) atoms. The summed E-state index contributed by atoms with van der Waals surface area (Å²) in [5.74, 6) is -0.224. The Labute approximate surface area is 114 Å². The van der Waals surface area contributed by atoms with Gasteiger partial charge in [0.2, 0.25) is 0 Å². The fraction of sp³-hybridized carbons (Fsp3) is 0.214. The first-order chi connectivity index (χ1) is 8.65. The van der Waals surface area contributed by atoms with Gasteiger partial charge in [0.25, 0.3) is 0 Å². The highest BCUT2D eigenvalue weighted by Gasteiger charge is 2.05. The van der Waals surface area contributed by atoms with Gasteiger partial charge >= 0.3 is 0 Å². The minimum absolute atomic E-state index is 0.204. The molecule has 1 aromatic carbocycles. The first-order valence-electron chi connectivity index (χ1n) is 5.73. The largest absolute Gasteiger partial charge is 0.306 e. The van der Waals surface area contributed by atoms with Gasteiger partial charge in [-0.05, 0) is 48.4 Å². The van der Waals surface area contributed by atoms with Crippen molar-refractivity contribution >= 4 is 15.9 Å². The molecule has 0 amide bonds. The molecule has 1 aromatic heterocycles. The molecule has 0 aliphatic carbocycles. The fourth-order valence-corrected chi connectivity index (χ4v) is 2.27. The zero-order valence-electron chi connectivity index (χ0n) is 10.0. The normalized spacial score (nSPS) is 12.4. The van der Waals surface area contributed by atoms with Crippen molar-refractivity contribution in [2.75, 3.05) is 0 Å². The topological polar surface area (TPSA) is 24.9 Å². The highest BCUT2D eigenvalue weighted by Crippen LogP contribution is 2.16. The monoisotopic (exact) mass is 308 g/mol. The molecule has 1 N–H and O–H groups in total. The summed E-state index contributed by atoms with van der Waals surface area (Å²) >= 11 is 3.29. The van der Waals surface area contributed by atoms with Crippen molar-refractivity contribution in [3.05, 3.63) is 64.1 Å². The third-order valence-corrected chi connectivity index (χ3v) is 3.20. The number of rotatable bonds is 4. The smallest absolute Gasteiger partial charge is 0.124 e. The summed E-state index contributed by atoms with van der Waals surface area (Å²) < 4.78 is 14.0. The van der Waals surface area contributed by atoms with E-state index >= 15 is 0 Å². The van der Waals surface area contributed by atoms with Gasteiger partial charge in [-0.25, -0.2) is 4.39 Å². The number of hydrogen-bond acceptors (Lipinski definition) is 2. The van der Waals surface area contributed by atoms with Crippen LogP contribution in [0.5, 0.6) is 0 Å². The molecule has 0 aliphatic rings. The van der Waals surface area contributed by atoms with E-state index < -0.39 is 0 Å². The molecule has 0 fully saturated rings. The molecule has 1 heterocycles. The molecule has 0 aliphatic heterocycles. The lowest BCUT2D eigenvalue weighted by Crippen LogP contribution is -2.18. The third kappa shape index (κ3) is 3.62. The summed E-state index contributed by atoms with van der Waals surface area (Å²) in [7, 11) is 0. The predicted molar refractivity (Wildman–Crippen MR) is 73.6 cm³/mol. The van der Waals surface area contributed by atoms with Crippen LogP contribution in [-0.2, 0) is 6.54 Å². The van der Waals surface area contributed by atoms with E-state index in [0.717, 1.165) is 10.0 Å². The Bertz CT molecular complexity index is 496.